The summed E-state index contributed by atoms with van der Waals surface area (Å²) >= 11 is 0. The second-order valence-corrected chi connectivity index (χ2v) is 5.40. The van der Waals surface area contributed by atoms with Crippen LogP contribution in [0.25, 0.3) is 0 Å². The molecule has 1 amide bonds. The number of ether oxygens (including phenoxy) is 2. The van der Waals surface area contributed by atoms with Gasteiger partial charge in [-0.05, 0) is 32.9 Å². The second-order valence-electron chi connectivity index (χ2n) is 5.40. The molecule has 0 aliphatic carbocycles. The Kier molecular flexibility index (Phi) is 6.32. The summed E-state index contributed by atoms with van der Waals surface area (Å²) in [6.45, 7) is 5.12. The number of amides is 1. The van der Waals surface area contributed by atoms with Gasteiger partial charge in [0.15, 0.2) is 0 Å². The van der Waals surface area contributed by atoms with Crippen LogP contribution in [-0.4, -0.2) is 29.8 Å². The van der Waals surface area contributed by atoms with E-state index in [2.05, 4.69) is 10.3 Å². The monoisotopic (exact) mass is 307 g/mol. The number of pyridine rings is 1. The molecule has 0 aliphatic rings. The van der Waals surface area contributed by atoms with E-state index in [1.807, 2.05) is 6.07 Å². The minimum Gasteiger partial charge on any atom is -0.487 e. The molecule has 7 heteroatoms. The molecule has 0 aromatic carbocycles. The van der Waals surface area contributed by atoms with Crippen molar-refractivity contribution >= 4 is 6.09 Å². The van der Waals surface area contributed by atoms with Gasteiger partial charge in [0.2, 0.25) is 0 Å². The second kappa shape index (κ2) is 7.98. The van der Waals surface area contributed by atoms with E-state index < -0.39 is 11.7 Å². The highest BCUT2D eigenvalue weighted by atomic mass is 19.1. The summed E-state index contributed by atoms with van der Waals surface area (Å²) in [5.74, 6) is 0.399. The molecule has 0 bridgehead atoms. The topological polar surface area (TPSA) is 84.2 Å². The lowest BCUT2D eigenvalue weighted by molar-refractivity contribution is 0.0531. The molecule has 0 radical (unpaired) electrons. The lowest BCUT2D eigenvalue weighted by Crippen LogP contribution is -2.34. The number of carbonyl (C=O) groups excluding carboxylic acids is 1. The average molecular weight is 307 g/mol. The van der Waals surface area contributed by atoms with Crippen LogP contribution < -0.4 is 10.1 Å². The van der Waals surface area contributed by atoms with Crippen LogP contribution in [0.2, 0.25) is 0 Å². The zero-order valence-electron chi connectivity index (χ0n) is 12.7. The van der Waals surface area contributed by atoms with Crippen LogP contribution in [0.15, 0.2) is 30.2 Å². The molecular weight excluding hydrogens is 289 g/mol. The highest BCUT2D eigenvalue weighted by Gasteiger charge is 2.16. The maximum Gasteiger partial charge on any atom is 0.407 e. The van der Waals surface area contributed by atoms with Crippen LogP contribution >= 0.6 is 0 Å². The number of rotatable bonds is 5. The maximum absolute atomic E-state index is 12.8. The molecular formula is C15H18FN3O3. The standard InChI is InChI=1S/C15H18FN3O3/c1-15(2,3)22-14(20)19-8-11(6-16)10-21-13-5-4-12(7-17)18-9-13/h4-6,9H,8,10H2,1-3H3,(H,19,20)/b11-6-. The number of nitriles is 1. The molecule has 1 aromatic rings. The van der Waals surface area contributed by atoms with E-state index in [1.54, 1.807) is 26.8 Å². The summed E-state index contributed by atoms with van der Waals surface area (Å²) in [5, 5.41) is 11.1. The molecule has 0 unspecified atom stereocenters. The molecule has 118 valence electrons. The Morgan fingerprint density at radius 1 is 1.50 bits per heavy atom. The highest BCUT2D eigenvalue weighted by molar-refractivity contribution is 5.68. The fourth-order valence-corrected chi connectivity index (χ4v) is 1.33. The summed E-state index contributed by atoms with van der Waals surface area (Å²) in [5.41, 5.74) is -0.121. The zero-order valence-corrected chi connectivity index (χ0v) is 12.7. The van der Waals surface area contributed by atoms with Gasteiger partial charge in [-0.1, -0.05) is 0 Å². The molecule has 0 fully saturated rings. The van der Waals surface area contributed by atoms with Gasteiger partial charge in [0.05, 0.1) is 12.5 Å². The summed E-state index contributed by atoms with van der Waals surface area (Å²) in [4.78, 5) is 15.3. The molecule has 1 heterocycles. The predicted octanol–water partition coefficient (Wildman–Crippen LogP) is 2.71. The van der Waals surface area contributed by atoms with Crippen molar-refractivity contribution in [3.8, 4) is 11.8 Å². The maximum atomic E-state index is 12.8. The van der Waals surface area contributed by atoms with Crippen LogP contribution in [0.1, 0.15) is 26.5 Å². The van der Waals surface area contributed by atoms with Crippen LogP contribution in [0, 0.1) is 11.3 Å². The van der Waals surface area contributed by atoms with Gasteiger partial charge in [0.25, 0.3) is 0 Å². The van der Waals surface area contributed by atoms with Crippen molar-refractivity contribution in [2.45, 2.75) is 26.4 Å². The van der Waals surface area contributed by atoms with Crippen molar-refractivity contribution in [1.82, 2.24) is 10.3 Å². The number of nitrogens with zero attached hydrogens (tertiary/aromatic N) is 2. The van der Waals surface area contributed by atoms with Crippen molar-refractivity contribution in [2.75, 3.05) is 13.2 Å². The SMILES string of the molecule is CC(C)(C)OC(=O)NC/C(=C/F)COc1ccc(C#N)nc1. The molecule has 6 nitrogen and oxygen atoms in total. The Morgan fingerprint density at radius 2 is 2.23 bits per heavy atom. The van der Waals surface area contributed by atoms with E-state index in [0.29, 0.717) is 12.1 Å². The fourth-order valence-electron chi connectivity index (χ4n) is 1.33. The Bertz CT molecular complexity index is 571. The van der Waals surface area contributed by atoms with Crippen molar-refractivity contribution in [3.05, 3.63) is 35.9 Å². The molecule has 0 atom stereocenters. The third-order valence-electron chi connectivity index (χ3n) is 2.29. The number of aromatic nitrogens is 1. The Balaban J connectivity index is 2.42. The number of nitrogens with one attached hydrogen (secondary N) is 1. The minimum absolute atomic E-state index is 0.0326. The Morgan fingerprint density at radius 3 is 2.73 bits per heavy atom. The molecule has 1 aromatic heterocycles. The molecule has 1 rings (SSSR count). The van der Waals surface area contributed by atoms with E-state index in [0.717, 1.165) is 0 Å². The van der Waals surface area contributed by atoms with Gasteiger partial charge >= 0.3 is 6.09 Å². The van der Waals surface area contributed by atoms with E-state index in [9.17, 15) is 9.18 Å². The van der Waals surface area contributed by atoms with Crippen LogP contribution in [0.3, 0.4) is 0 Å². The van der Waals surface area contributed by atoms with Gasteiger partial charge in [-0.2, -0.15) is 5.26 Å². The van der Waals surface area contributed by atoms with Gasteiger partial charge < -0.3 is 14.8 Å². The summed E-state index contributed by atoms with van der Waals surface area (Å²) in [6, 6.07) is 4.93. The van der Waals surface area contributed by atoms with E-state index in [-0.39, 0.29) is 24.4 Å². The first-order chi connectivity index (χ1) is 10.3. The highest BCUT2D eigenvalue weighted by Crippen LogP contribution is 2.10. The predicted molar refractivity (Wildman–Crippen MR) is 77.9 cm³/mol. The number of hydrogen-bond acceptors (Lipinski definition) is 5. The molecule has 0 saturated carbocycles. The van der Waals surface area contributed by atoms with Gasteiger partial charge in [-0.15, -0.1) is 0 Å². The number of alkyl carbamates (subject to hydrolysis) is 1. The molecule has 1 N–H and O–H groups in total. The summed E-state index contributed by atoms with van der Waals surface area (Å²) in [6.07, 6.45) is 1.11. The van der Waals surface area contributed by atoms with Gasteiger partial charge in [0, 0.05) is 12.1 Å². The molecule has 0 aliphatic heterocycles. The van der Waals surface area contributed by atoms with Crippen LogP contribution in [-0.2, 0) is 4.74 Å². The molecule has 22 heavy (non-hydrogen) atoms. The Hall–Kier alpha value is -2.62. The smallest absolute Gasteiger partial charge is 0.407 e. The average Bonchev–Trinajstić information content (AvgIpc) is 2.46. The normalized spacial score (nSPS) is 11.5. The first kappa shape index (κ1) is 17.4. The first-order valence-electron chi connectivity index (χ1n) is 6.58. The zero-order chi connectivity index (χ0) is 16.6. The third-order valence-corrected chi connectivity index (χ3v) is 2.29. The largest absolute Gasteiger partial charge is 0.487 e. The quantitative estimate of drug-likeness (QED) is 0.904. The number of carbonyl (C=O) groups is 1. The fraction of sp³-hybridized carbons (Fsp3) is 0.400. The minimum atomic E-state index is -0.633. The third kappa shape index (κ3) is 6.70. The van der Waals surface area contributed by atoms with Crippen molar-refractivity contribution < 1.29 is 18.7 Å². The van der Waals surface area contributed by atoms with Crippen molar-refractivity contribution in [1.29, 1.82) is 5.26 Å². The van der Waals surface area contributed by atoms with Crippen LogP contribution in [0.5, 0.6) is 5.75 Å². The van der Waals surface area contributed by atoms with Gasteiger partial charge in [0.1, 0.15) is 29.7 Å². The lowest BCUT2D eigenvalue weighted by Gasteiger charge is -2.20. The lowest BCUT2D eigenvalue weighted by atomic mass is 10.2. The van der Waals surface area contributed by atoms with E-state index in [1.165, 1.54) is 12.3 Å². The van der Waals surface area contributed by atoms with E-state index >= 15 is 0 Å². The van der Waals surface area contributed by atoms with Gasteiger partial charge in [-0.3, -0.25) is 0 Å². The summed E-state index contributed by atoms with van der Waals surface area (Å²) < 4.78 is 23.1. The number of halogens is 1. The number of hydrogen-bond donors (Lipinski definition) is 1. The molecule has 0 spiro atoms. The Labute approximate surface area is 128 Å². The molecule has 0 saturated heterocycles. The van der Waals surface area contributed by atoms with E-state index in [4.69, 9.17) is 14.7 Å². The summed E-state index contributed by atoms with van der Waals surface area (Å²) in [7, 11) is 0. The van der Waals surface area contributed by atoms with Crippen molar-refractivity contribution in [3.63, 3.8) is 0 Å². The van der Waals surface area contributed by atoms with Crippen LogP contribution in [0.4, 0.5) is 9.18 Å². The van der Waals surface area contributed by atoms with Gasteiger partial charge in [-0.25, -0.2) is 14.2 Å². The van der Waals surface area contributed by atoms with Crippen molar-refractivity contribution in [2.24, 2.45) is 0 Å². The first-order valence-corrected chi connectivity index (χ1v) is 6.58.